The fourth-order valence-electron chi connectivity index (χ4n) is 1.33. The van der Waals surface area contributed by atoms with Gasteiger partial charge in [0.2, 0.25) is 0 Å². The summed E-state index contributed by atoms with van der Waals surface area (Å²) in [7, 11) is 3.39. The van der Waals surface area contributed by atoms with Crippen LogP contribution in [0.25, 0.3) is 0 Å². The largest absolute Gasteiger partial charge is 0.468 e. The molecule has 0 aromatic heterocycles. The molecule has 84 valence electrons. The molecule has 0 aliphatic rings. The number of likely N-dealkylation sites (N-methyl/N-ethyl adjacent to an activating group) is 1. The second-order valence-corrected chi connectivity index (χ2v) is 3.84. The van der Waals surface area contributed by atoms with Gasteiger partial charge in [-0.05, 0) is 20.4 Å². The Morgan fingerprint density at radius 1 is 1.43 bits per heavy atom. The third-order valence-corrected chi connectivity index (χ3v) is 2.58. The summed E-state index contributed by atoms with van der Waals surface area (Å²) in [4.78, 5) is 13.0. The van der Waals surface area contributed by atoms with Gasteiger partial charge in [0.1, 0.15) is 0 Å². The minimum absolute atomic E-state index is 0.158. The van der Waals surface area contributed by atoms with Crippen molar-refractivity contribution >= 4 is 5.97 Å². The molecular weight excluding hydrogens is 178 g/mol. The van der Waals surface area contributed by atoms with E-state index in [-0.39, 0.29) is 5.97 Å². The summed E-state index contributed by atoms with van der Waals surface area (Å²) in [6.07, 6.45) is 4.91. The standard InChI is InChI=1S/C11H23NO2/c1-5-6-7-8-10(2)12(3)9-11(13)14-4/h10H,5-9H2,1-4H3/t10-/m1/s1. The molecule has 0 saturated heterocycles. The normalized spacial score (nSPS) is 12.9. The lowest BCUT2D eigenvalue weighted by atomic mass is 10.1. The van der Waals surface area contributed by atoms with Crippen molar-refractivity contribution < 1.29 is 9.53 Å². The van der Waals surface area contributed by atoms with E-state index in [1.54, 1.807) is 0 Å². The lowest BCUT2D eigenvalue weighted by Crippen LogP contribution is -2.34. The predicted molar refractivity (Wildman–Crippen MR) is 58.3 cm³/mol. The highest BCUT2D eigenvalue weighted by atomic mass is 16.5. The zero-order valence-corrected chi connectivity index (χ0v) is 9.88. The van der Waals surface area contributed by atoms with Gasteiger partial charge in [-0.25, -0.2) is 0 Å². The van der Waals surface area contributed by atoms with Gasteiger partial charge in [0.05, 0.1) is 13.7 Å². The van der Waals surface area contributed by atoms with Crippen molar-refractivity contribution in [1.29, 1.82) is 0 Å². The minimum Gasteiger partial charge on any atom is -0.468 e. The maximum Gasteiger partial charge on any atom is 0.319 e. The van der Waals surface area contributed by atoms with Gasteiger partial charge in [-0.2, -0.15) is 0 Å². The first-order chi connectivity index (χ1) is 6.61. The Morgan fingerprint density at radius 2 is 2.07 bits per heavy atom. The number of esters is 1. The second-order valence-electron chi connectivity index (χ2n) is 3.84. The number of carbonyl (C=O) groups excluding carboxylic acids is 1. The van der Waals surface area contributed by atoms with Crippen molar-refractivity contribution in [3.05, 3.63) is 0 Å². The van der Waals surface area contributed by atoms with Crippen LogP contribution in [0.5, 0.6) is 0 Å². The molecule has 0 aliphatic carbocycles. The quantitative estimate of drug-likeness (QED) is 0.466. The second kappa shape index (κ2) is 7.80. The first kappa shape index (κ1) is 13.4. The third kappa shape index (κ3) is 5.97. The summed E-state index contributed by atoms with van der Waals surface area (Å²) in [5.74, 6) is -0.158. The molecule has 0 aromatic rings. The van der Waals surface area contributed by atoms with Gasteiger partial charge in [0.25, 0.3) is 0 Å². The van der Waals surface area contributed by atoms with E-state index in [2.05, 4.69) is 18.6 Å². The third-order valence-electron chi connectivity index (χ3n) is 2.58. The molecule has 0 saturated carbocycles. The molecule has 0 fully saturated rings. The van der Waals surface area contributed by atoms with Gasteiger partial charge in [-0.3, -0.25) is 9.69 Å². The summed E-state index contributed by atoms with van der Waals surface area (Å²) < 4.78 is 4.62. The molecule has 0 spiro atoms. The van der Waals surface area contributed by atoms with Crippen molar-refractivity contribution in [3.8, 4) is 0 Å². The van der Waals surface area contributed by atoms with E-state index in [0.29, 0.717) is 12.6 Å². The number of rotatable bonds is 7. The summed E-state index contributed by atoms with van der Waals surface area (Å²) in [5.41, 5.74) is 0. The van der Waals surface area contributed by atoms with Gasteiger partial charge in [0.15, 0.2) is 0 Å². The maximum atomic E-state index is 11.0. The Balaban J connectivity index is 3.64. The molecule has 0 aromatic carbocycles. The van der Waals surface area contributed by atoms with E-state index < -0.39 is 0 Å². The monoisotopic (exact) mass is 201 g/mol. The maximum absolute atomic E-state index is 11.0. The number of nitrogens with zero attached hydrogens (tertiary/aromatic N) is 1. The highest BCUT2D eigenvalue weighted by molar-refractivity contribution is 5.71. The number of unbranched alkanes of at least 4 members (excludes halogenated alkanes) is 2. The van der Waals surface area contributed by atoms with Crippen LogP contribution in [0.2, 0.25) is 0 Å². The summed E-state index contributed by atoms with van der Waals surface area (Å²) >= 11 is 0. The van der Waals surface area contributed by atoms with Gasteiger partial charge in [-0.15, -0.1) is 0 Å². The Kier molecular flexibility index (Phi) is 7.48. The van der Waals surface area contributed by atoms with E-state index in [9.17, 15) is 4.79 Å². The van der Waals surface area contributed by atoms with Gasteiger partial charge in [-0.1, -0.05) is 26.2 Å². The first-order valence-electron chi connectivity index (χ1n) is 5.38. The highest BCUT2D eigenvalue weighted by Gasteiger charge is 2.12. The lowest BCUT2D eigenvalue weighted by molar-refractivity contribution is -0.142. The molecule has 14 heavy (non-hydrogen) atoms. The van der Waals surface area contributed by atoms with Gasteiger partial charge in [0, 0.05) is 6.04 Å². The lowest BCUT2D eigenvalue weighted by Gasteiger charge is -2.23. The van der Waals surface area contributed by atoms with Crippen LogP contribution in [-0.4, -0.2) is 37.6 Å². The van der Waals surface area contributed by atoms with Crippen LogP contribution in [0.4, 0.5) is 0 Å². The number of hydrogen-bond acceptors (Lipinski definition) is 3. The average Bonchev–Trinajstić information content (AvgIpc) is 2.17. The van der Waals surface area contributed by atoms with Crippen molar-refractivity contribution in [1.82, 2.24) is 4.90 Å². The predicted octanol–water partition coefficient (Wildman–Crippen LogP) is 2.06. The SMILES string of the molecule is CCCCC[C@@H](C)N(C)CC(=O)OC. The molecule has 0 radical (unpaired) electrons. The van der Waals surface area contributed by atoms with Gasteiger partial charge >= 0.3 is 5.97 Å². The topological polar surface area (TPSA) is 29.5 Å². The molecule has 0 bridgehead atoms. The smallest absolute Gasteiger partial charge is 0.319 e. The Hall–Kier alpha value is -0.570. The number of methoxy groups -OCH3 is 1. The van der Waals surface area contributed by atoms with Crippen LogP contribution < -0.4 is 0 Å². The molecule has 0 N–H and O–H groups in total. The molecule has 3 nitrogen and oxygen atoms in total. The molecule has 0 heterocycles. The Morgan fingerprint density at radius 3 is 2.57 bits per heavy atom. The molecule has 0 unspecified atom stereocenters. The fourth-order valence-corrected chi connectivity index (χ4v) is 1.33. The van der Waals surface area contributed by atoms with E-state index in [1.165, 1.54) is 26.4 Å². The van der Waals surface area contributed by atoms with Crippen molar-refractivity contribution in [2.24, 2.45) is 0 Å². The van der Waals surface area contributed by atoms with Crippen molar-refractivity contribution in [3.63, 3.8) is 0 Å². The van der Waals surface area contributed by atoms with Gasteiger partial charge < -0.3 is 4.74 Å². The van der Waals surface area contributed by atoms with E-state index in [4.69, 9.17) is 0 Å². The molecule has 0 amide bonds. The van der Waals surface area contributed by atoms with E-state index in [1.807, 2.05) is 11.9 Å². The van der Waals surface area contributed by atoms with Crippen LogP contribution in [0.1, 0.15) is 39.5 Å². The molecule has 3 heteroatoms. The molecule has 1 atom stereocenters. The average molecular weight is 201 g/mol. The minimum atomic E-state index is -0.158. The van der Waals surface area contributed by atoms with Crippen LogP contribution in [0.15, 0.2) is 0 Å². The van der Waals surface area contributed by atoms with Crippen LogP contribution in [-0.2, 0) is 9.53 Å². The molecule has 0 aliphatic heterocycles. The number of carbonyl (C=O) groups is 1. The van der Waals surface area contributed by atoms with Crippen LogP contribution >= 0.6 is 0 Å². The van der Waals surface area contributed by atoms with Crippen LogP contribution in [0.3, 0.4) is 0 Å². The Labute approximate surface area is 87.4 Å². The van der Waals surface area contributed by atoms with E-state index >= 15 is 0 Å². The highest BCUT2D eigenvalue weighted by Crippen LogP contribution is 2.07. The fraction of sp³-hybridized carbons (Fsp3) is 0.909. The van der Waals surface area contributed by atoms with Crippen molar-refractivity contribution in [2.75, 3.05) is 20.7 Å². The van der Waals surface area contributed by atoms with E-state index in [0.717, 1.165) is 6.42 Å². The number of hydrogen-bond donors (Lipinski definition) is 0. The number of ether oxygens (including phenoxy) is 1. The first-order valence-corrected chi connectivity index (χ1v) is 5.38. The summed E-state index contributed by atoms with van der Waals surface area (Å²) in [5, 5.41) is 0. The zero-order valence-electron chi connectivity index (χ0n) is 9.88. The molecule has 0 rings (SSSR count). The Bertz CT molecular complexity index is 159. The summed E-state index contributed by atoms with van der Waals surface area (Å²) in [6.45, 7) is 4.74. The molecular formula is C11H23NO2. The summed E-state index contributed by atoms with van der Waals surface area (Å²) in [6, 6.07) is 0.459. The van der Waals surface area contributed by atoms with Crippen LogP contribution in [0, 0.1) is 0 Å². The zero-order chi connectivity index (χ0) is 11.0. The van der Waals surface area contributed by atoms with Crippen molar-refractivity contribution in [2.45, 2.75) is 45.6 Å².